The first kappa shape index (κ1) is 6.59. The molecular weight excluding hydrogens is 168 g/mol. The van der Waals surface area contributed by atoms with Crippen LogP contribution >= 0.6 is 0 Å². The van der Waals surface area contributed by atoms with Crippen molar-refractivity contribution < 1.29 is 4.79 Å². The summed E-state index contributed by atoms with van der Waals surface area (Å²) in [7, 11) is 0. The fourth-order valence-electron chi connectivity index (χ4n) is 1.56. The van der Waals surface area contributed by atoms with E-state index in [0.717, 1.165) is 5.69 Å². The van der Waals surface area contributed by atoms with E-state index in [-0.39, 0.29) is 5.91 Å². The summed E-state index contributed by atoms with van der Waals surface area (Å²) in [6, 6.07) is 3.64. The Morgan fingerprint density at radius 2 is 2.38 bits per heavy atom. The first-order valence-electron chi connectivity index (χ1n) is 3.96. The highest BCUT2D eigenvalue weighted by Gasteiger charge is 2.22. The molecule has 0 amide bonds. The molecule has 0 saturated heterocycles. The van der Waals surface area contributed by atoms with Crippen LogP contribution in [0.5, 0.6) is 0 Å². The average molecular weight is 174 g/mol. The minimum Gasteiger partial charge on any atom is -0.337 e. The van der Waals surface area contributed by atoms with Crippen LogP contribution in [0.4, 0.5) is 0 Å². The standard InChI is InChI=1S/C8H6N4O/c13-8-7-2-1-3-11(7)5-6-4-9-10-12(6)8/h1-4H,5H2. The van der Waals surface area contributed by atoms with Crippen molar-refractivity contribution in [2.75, 3.05) is 0 Å². The number of aromatic nitrogens is 4. The van der Waals surface area contributed by atoms with E-state index in [2.05, 4.69) is 10.3 Å². The Balaban J connectivity index is 2.27. The summed E-state index contributed by atoms with van der Waals surface area (Å²) >= 11 is 0. The molecule has 5 nitrogen and oxygen atoms in total. The van der Waals surface area contributed by atoms with Gasteiger partial charge in [0.25, 0.3) is 5.91 Å². The van der Waals surface area contributed by atoms with Gasteiger partial charge < -0.3 is 4.57 Å². The van der Waals surface area contributed by atoms with Gasteiger partial charge in [0.05, 0.1) is 18.4 Å². The molecule has 0 spiro atoms. The maximum absolute atomic E-state index is 11.7. The van der Waals surface area contributed by atoms with E-state index in [4.69, 9.17) is 0 Å². The third-order valence-corrected chi connectivity index (χ3v) is 2.19. The second kappa shape index (κ2) is 2.07. The molecule has 0 atom stereocenters. The molecule has 0 N–H and O–H groups in total. The zero-order chi connectivity index (χ0) is 8.84. The zero-order valence-corrected chi connectivity index (χ0v) is 6.71. The molecule has 0 unspecified atom stereocenters. The van der Waals surface area contributed by atoms with Gasteiger partial charge in [0.2, 0.25) is 0 Å². The third-order valence-electron chi connectivity index (χ3n) is 2.19. The van der Waals surface area contributed by atoms with Crippen molar-refractivity contribution in [2.45, 2.75) is 6.54 Å². The highest BCUT2D eigenvalue weighted by molar-refractivity contribution is 5.95. The number of carbonyl (C=O) groups excluding carboxylic acids is 1. The second-order valence-electron chi connectivity index (χ2n) is 2.96. The highest BCUT2D eigenvalue weighted by atomic mass is 16.2. The lowest BCUT2D eigenvalue weighted by Gasteiger charge is -2.14. The van der Waals surface area contributed by atoms with Crippen molar-refractivity contribution in [1.82, 2.24) is 19.6 Å². The maximum atomic E-state index is 11.7. The summed E-state index contributed by atoms with van der Waals surface area (Å²) in [6.07, 6.45) is 3.49. The smallest absolute Gasteiger partial charge is 0.296 e. The van der Waals surface area contributed by atoms with Gasteiger partial charge in [-0.05, 0) is 12.1 Å². The van der Waals surface area contributed by atoms with Crippen molar-refractivity contribution in [3.8, 4) is 0 Å². The summed E-state index contributed by atoms with van der Waals surface area (Å²) in [5.74, 6) is -0.108. The molecule has 1 aliphatic rings. The van der Waals surface area contributed by atoms with Crippen molar-refractivity contribution in [1.29, 1.82) is 0 Å². The van der Waals surface area contributed by atoms with E-state index in [9.17, 15) is 4.79 Å². The Morgan fingerprint density at radius 1 is 1.46 bits per heavy atom. The molecule has 3 heterocycles. The topological polar surface area (TPSA) is 52.7 Å². The summed E-state index contributed by atoms with van der Waals surface area (Å²) in [4.78, 5) is 11.7. The predicted octanol–water partition coefficient (Wildman–Crippen LogP) is 0.130. The SMILES string of the molecule is O=C1c2cccn2Cc2cnnn21. The predicted molar refractivity (Wildman–Crippen MR) is 43.3 cm³/mol. The summed E-state index contributed by atoms with van der Waals surface area (Å²) in [6.45, 7) is 0.668. The van der Waals surface area contributed by atoms with E-state index in [0.29, 0.717) is 12.2 Å². The van der Waals surface area contributed by atoms with Gasteiger partial charge in [0, 0.05) is 6.20 Å². The molecular formula is C8H6N4O. The number of nitrogens with zero attached hydrogens (tertiary/aromatic N) is 4. The monoisotopic (exact) mass is 174 g/mol. The first-order valence-corrected chi connectivity index (χ1v) is 3.96. The van der Waals surface area contributed by atoms with Gasteiger partial charge in [0.1, 0.15) is 5.69 Å². The maximum Gasteiger partial charge on any atom is 0.296 e. The van der Waals surface area contributed by atoms with Gasteiger partial charge in [0.15, 0.2) is 0 Å². The molecule has 2 aromatic rings. The van der Waals surface area contributed by atoms with Gasteiger partial charge in [-0.3, -0.25) is 4.79 Å². The van der Waals surface area contributed by atoms with E-state index in [1.807, 2.05) is 16.8 Å². The van der Waals surface area contributed by atoms with E-state index < -0.39 is 0 Å². The van der Waals surface area contributed by atoms with Gasteiger partial charge in [-0.15, -0.1) is 5.10 Å². The van der Waals surface area contributed by atoms with Crippen LogP contribution in [0.25, 0.3) is 0 Å². The normalized spacial score (nSPS) is 14.0. The molecule has 5 heteroatoms. The molecule has 1 aliphatic heterocycles. The molecule has 0 radical (unpaired) electrons. The van der Waals surface area contributed by atoms with Crippen LogP contribution in [-0.4, -0.2) is 25.5 Å². The number of fused-ring (bicyclic) bond motifs is 2. The second-order valence-corrected chi connectivity index (χ2v) is 2.96. The Hall–Kier alpha value is -1.91. The first-order chi connectivity index (χ1) is 6.36. The van der Waals surface area contributed by atoms with Crippen LogP contribution in [-0.2, 0) is 6.54 Å². The zero-order valence-electron chi connectivity index (χ0n) is 6.71. The van der Waals surface area contributed by atoms with Crippen LogP contribution in [0.15, 0.2) is 24.5 Å². The van der Waals surface area contributed by atoms with Gasteiger partial charge in [-0.2, -0.15) is 4.68 Å². The van der Waals surface area contributed by atoms with E-state index in [1.54, 1.807) is 12.3 Å². The molecule has 0 bridgehead atoms. The van der Waals surface area contributed by atoms with E-state index >= 15 is 0 Å². The molecule has 0 aliphatic carbocycles. The minimum absolute atomic E-state index is 0.108. The quantitative estimate of drug-likeness (QED) is 0.486. The Bertz CT molecular complexity index is 440. The highest BCUT2D eigenvalue weighted by Crippen LogP contribution is 2.14. The summed E-state index contributed by atoms with van der Waals surface area (Å²) < 4.78 is 3.23. The fraction of sp³-hybridized carbons (Fsp3) is 0.125. The average Bonchev–Trinajstić information content (AvgIpc) is 2.71. The van der Waals surface area contributed by atoms with Crippen LogP contribution in [0.1, 0.15) is 16.2 Å². The number of rotatable bonds is 0. The Morgan fingerprint density at radius 3 is 3.31 bits per heavy atom. The molecule has 0 fully saturated rings. The van der Waals surface area contributed by atoms with Crippen LogP contribution in [0, 0.1) is 0 Å². The third kappa shape index (κ3) is 0.729. The molecule has 64 valence electrons. The van der Waals surface area contributed by atoms with Gasteiger partial charge >= 0.3 is 0 Å². The van der Waals surface area contributed by atoms with Gasteiger partial charge in [-0.1, -0.05) is 5.21 Å². The molecule has 13 heavy (non-hydrogen) atoms. The number of hydrogen-bond acceptors (Lipinski definition) is 3. The number of carbonyl (C=O) groups is 1. The van der Waals surface area contributed by atoms with Crippen LogP contribution in [0.3, 0.4) is 0 Å². The molecule has 0 aromatic carbocycles. The lowest BCUT2D eigenvalue weighted by molar-refractivity contribution is 0.0920. The van der Waals surface area contributed by atoms with Crippen molar-refractivity contribution in [3.05, 3.63) is 35.9 Å². The minimum atomic E-state index is -0.108. The van der Waals surface area contributed by atoms with Gasteiger partial charge in [-0.25, -0.2) is 0 Å². The summed E-state index contributed by atoms with van der Waals surface area (Å²) in [5, 5.41) is 7.42. The van der Waals surface area contributed by atoms with Crippen LogP contribution in [0.2, 0.25) is 0 Å². The Kier molecular flexibility index (Phi) is 1.05. The van der Waals surface area contributed by atoms with Crippen molar-refractivity contribution in [3.63, 3.8) is 0 Å². The molecule has 0 saturated carbocycles. The lowest BCUT2D eigenvalue weighted by atomic mass is 10.3. The molecule has 3 rings (SSSR count). The lowest BCUT2D eigenvalue weighted by Crippen LogP contribution is -2.26. The number of hydrogen-bond donors (Lipinski definition) is 0. The summed E-state index contributed by atoms with van der Waals surface area (Å²) in [5.41, 5.74) is 1.49. The fourth-order valence-corrected chi connectivity index (χ4v) is 1.56. The van der Waals surface area contributed by atoms with Crippen molar-refractivity contribution in [2.24, 2.45) is 0 Å². The van der Waals surface area contributed by atoms with Crippen molar-refractivity contribution >= 4 is 5.91 Å². The molecule has 2 aromatic heterocycles. The largest absolute Gasteiger partial charge is 0.337 e. The Labute approximate surface area is 73.6 Å². The van der Waals surface area contributed by atoms with E-state index in [1.165, 1.54) is 4.68 Å². The van der Waals surface area contributed by atoms with Crippen LogP contribution < -0.4 is 0 Å².